The van der Waals surface area contributed by atoms with Crippen LogP contribution in [0.15, 0.2) is 54.6 Å². The summed E-state index contributed by atoms with van der Waals surface area (Å²) in [6, 6.07) is 14.0. The van der Waals surface area contributed by atoms with Gasteiger partial charge in [0.2, 0.25) is 0 Å². The van der Waals surface area contributed by atoms with Crippen LogP contribution >= 0.6 is 0 Å². The summed E-state index contributed by atoms with van der Waals surface area (Å²) < 4.78 is 45.9. The van der Waals surface area contributed by atoms with Crippen molar-refractivity contribution in [1.29, 1.82) is 0 Å². The number of hydrogen-bond acceptors (Lipinski definition) is 1. The van der Waals surface area contributed by atoms with Gasteiger partial charge in [-0.3, -0.25) is 0 Å². The quantitative estimate of drug-likeness (QED) is 0.445. The smallest absolute Gasteiger partial charge is 0.387 e. The van der Waals surface area contributed by atoms with Crippen LogP contribution in [0.4, 0.5) is 13.2 Å². The zero-order valence-electron chi connectivity index (χ0n) is 15.3. The van der Waals surface area contributed by atoms with E-state index in [1.165, 1.54) is 6.07 Å². The van der Waals surface area contributed by atoms with E-state index in [2.05, 4.69) is 11.7 Å². The molecule has 0 aliphatic carbocycles. The minimum Gasteiger partial charge on any atom is -0.434 e. The van der Waals surface area contributed by atoms with Gasteiger partial charge in [-0.1, -0.05) is 61.9 Å². The third-order valence-electron chi connectivity index (χ3n) is 4.42. The minimum atomic E-state index is -3.03. The number of ether oxygens (including phenoxy) is 1. The number of halogens is 3. The second-order valence-electron chi connectivity index (χ2n) is 6.37. The maximum atomic E-state index is 15.3. The molecule has 0 heterocycles. The Hall–Kier alpha value is -2.75. The van der Waals surface area contributed by atoms with Crippen LogP contribution in [0.2, 0.25) is 0 Å². The first-order valence-corrected chi connectivity index (χ1v) is 8.96. The Bertz CT molecular complexity index is 960. The van der Waals surface area contributed by atoms with Crippen LogP contribution in [-0.2, 0) is 6.42 Å². The predicted molar refractivity (Wildman–Crippen MR) is 105 cm³/mol. The molecule has 3 aromatic carbocycles. The first-order chi connectivity index (χ1) is 13.0. The fourth-order valence-corrected chi connectivity index (χ4v) is 3.24. The van der Waals surface area contributed by atoms with Gasteiger partial charge in [0.1, 0.15) is 11.6 Å². The van der Waals surface area contributed by atoms with Gasteiger partial charge in [-0.05, 0) is 47.6 Å². The Morgan fingerprint density at radius 2 is 1.78 bits per heavy atom. The van der Waals surface area contributed by atoms with Gasteiger partial charge in [-0.2, -0.15) is 8.78 Å². The number of hydrogen-bond donors (Lipinski definition) is 0. The summed E-state index contributed by atoms with van der Waals surface area (Å²) in [4.78, 5) is 0. The summed E-state index contributed by atoms with van der Waals surface area (Å²) in [6.45, 7) is 0.924. The molecule has 0 fully saturated rings. The maximum absolute atomic E-state index is 15.3. The molecule has 0 aliphatic rings. The van der Waals surface area contributed by atoms with Crippen molar-refractivity contribution in [3.8, 4) is 16.9 Å². The van der Waals surface area contributed by atoms with Gasteiger partial charge >= 0.3 is 6.61 Å². The molecule has 0 saturated heterocycles. The van der Waals surface area contributed by atoms with Crippen molar-refractivity contribution in [2.75, 3.05) is 0 Å². The van der Waals surface area contributed by atoms with E-state index >= 15 is 4.39 Å². The number of aryl methyl sites for hydroxylation is 1. The van der Waals surface area contributed by atoms with Gasteiger partial charge in [0, 0.05) is 5.39 Å². The molecule has 0 atom stereocenters. The fourth-order valence-electron chi connectivity index (χ4n) is 3.24. The Balaban J connectivity index is 2.19. The summed E-state index contributed by atoms with van der Waals surface area (Å²) in [5.74, 6) is -0.714. The molecular formula is C23H21F3O. The van der Waals surface area contributed by atoms with E-state index in [4.69, 9.17) is 0 Å². The highest BCUT2D eigenvalue weighted by Gasteiger charge is 2.19. The van der Waals surface area contributed by atoms with Gasteiger partial charge in [0.15, 0.2) is 0 Å². The lowest BCUT2D eigenvalue weighted by molar-refractivity contribution is -0.0494. The third-order valence-corrected chi connectivity index (χ3v) is 4.42. The molecule has 4 heteroatoms. The van der Waals surface area contributed by atoms with E-state index in [0.29, 0.717) is 16.3 Å². The molecular weight excluding hydrogens is 349 g/mol. The highest BCUT2D eigenvalue weighted by molar-refractivity contribution is 5.93. The van der Waals surface area contributed by atoms with E-state index in [9.17, 15) is 8.78 Å². The zero-order valence-corrected chi connectivity index (χ0v) is 15.3. The van der Waals surface area contributed by atoms with Crippen LogP contribution in [0.5, 0.6) is 5.75 Å². The lowest BCUT2D eigenvalue weighted by atomic mass is 9.96. The lowest BCUT2D eigenvalue weighted by Gasteiger charge is -2.15. The van der Waals surface area contributed by atoms with Crippen molar-refractivity contribution in [2.24, 2.45) is 0 Å². The Kier molecular flexibility index (Phi) is 5.84. The van der Waals surface area contributed by atoms with Gasteiger partial charge in [0.05, 0.1) is 5.56 Å². The molecule has 0 saturated carbocycles. The molecule has 0 aromatic heterocycles. The molecule has 0 spiro atoms. The molecule has 0 bridgehead atoms. The van der Waals surface area contributed by atoms with Crippen LogP contribution in [-0.4, -0.2) is 6.61 Å². The summed E-state index contributed by atoms with van der Waals surface area (Å²) in [5, 5.41) is 0.891. The maximum Gasteiger partial charge on any atom is 0.387 e. The van der Waals surface area contributed by atoms with Crippen molar-refractivity contribution >= 4 is 16.8 Å². The van der Waals surface area contributed by atoms with E-state index < -0.39 is 12.4 Å². The SMILES string of the molecule is C/C=C/c1ccc2c(F)c(-c3ccc(CCC)cc3)c(OC(F)F)cc2c1. The molecule has 0 amide bonds. The fraction of sp³-hybridized carbons (Fsp3) is 0.217. The summed E-state index contributed by atoms with van der Waals surface area (Å²) in [5.41, 5.74) is 2.56. The number of benzene rings is 3. The van der Waals surface area contributed by atoms with Gasteiger partial charge in [0.25, 0.3) is 0 Å². The van der Waals surface area contributed by atoms with E-state index in [0.717, 1.165) is 24.0 Å². The topological polar surface area (TPSA) is 9.23 Å². The monoisotopic (exact) mass is 370 g/mol. The third kappa shape index (κ3) is 4.16. The molecule has 0 unspecified atom stereocenters. The first-order valence-electron chi connectivity index (χ1n) is 8.96. The van der Waals surface area contributed by atoms with Crippen LogP contribution < -0.4 is 4.74 Å². The molecule has 0 aliphatic heterocycles. The number of allylic oxidation sites excluding steroid dienone is 1. The van der Waals surface area contributed by atoms with E-state index in [-0.39, 0.29) is 11.3 Å². The summed E-state index contributed by atoms with van der Waals surface area (Å²) in [7, 11) is 0. The molecule has 0 N–H and O–H groups in total. The van der Waals surface area contributed by atoms with E-state index in [1.807, 2.05) is 31.2 Å². The minimum absolute atomic E-state index is 0.0598. The summed E-state index contributed by atoms with van der Waals surface area (Å²) in [6.07, 6.45) is 5.64. The van der Waals surface area contributed by atoms with Crippen molar-refractivity contribution in [3.63, 3.8) is 0 Å². The van der Waals surface area contributed by atoms with E-state index in [1.54, 1.807) is 30.3 Å². The second kappa shape index (κ2) is 8.30. The Morgan fingerprint density at radius 3 is 2.41 bits per heavy atom. The standard InChI is InChI=1S/C23H21F3O/c1-3-5-15-7-10-17(11-8-15)21-20(27-23(25)26)14-18-13-16(6-4-2)9-12-19(18)22(21)24/h4,6-14,23H,3,5H2,1-2H3/b6-4+. The molecule has 27 heavy (non-hydrogen) atoms. The van der Waals surface area contributed by atoms with Crippen LogP contribution in [0.3, 0.4) is 0 Å². The van der Waals surface area contributed by atoms with Gasteiger partial charge in [-0.15, -0.1) is 0 Å². The average Bonchev–Trinajstić information content (AvgIpc) is 2.63. The first kappa shape index (κ1) is 19.0. The number of fused-ring (bicyclic) bond motifs is 1. The Labute approximate surface area is 157 Å². The lowest BCUT2D eigenvalue weighted by Crippen LogP contribution is -2.04. The highest BCUT2D eigenvalue weighted by atomic mass is 19.3. The van der Waals surface area contributed by atoms with Crippen molar-refractivity contribution in [1.82, 2.24) is 0 Å². The molecule has 0 radical (unpaired) electrons. The highest BCUT2D eigenvalue weighted by Crippen LogP contribution is 2.39. The number of rotatable bonds is 6. The largest absolute Gasteiger partial charge is 0.434 e. The van der Waals surface area contributed by atoms with Crippen LogP contribution in [0, 0.1) is 5.82 Å². The van der Waals surface area contributed by atoms with Crippen LogP contribution in [0.1, 0.15) is 31.4 Å². The van der Waals surface area contributed by atoms with Crippen molar-refractivity contribution in [3.05, 3.63) is 71.6 Å². The van der Waals surface area contributed by atoms with Gasteiger partial charge in [-0.25, -0.2) is 4.39 Å². The number of alkyl halides is 2. The molecule has 3 rings (SSSR count). The van der Waals surface area contributed by atoms with Crippen molar-refractivity contribution < 1.29 is 17.9 Å². The average molecular weight is 370 g/mol. The molecule has 1 nitrogen and oxygen atoms in total. The molecule has 140 valence electrons. The predicted octanol–water partition coefficient (Wildman–Crippen LogP) is 7.23. The Morgan fingerprint density at radius 1 is 1.04 bits per heavy atom. The molecule has 3 aromatic rings. The zero-order chi connectivity index (χ0) is 19.4. The van der Waals surface area contributed by atoms with Crippen molar-refractivity contribution in [2.45, 2.75) is 33.3 Å². The summed E-state index contributed by atoms with van der Waals surface area (Å²) >= 11 is 0. The second-order valence-corrected chi connectivity index (χ2v) is 6.37. The van der Waals surface area contributed by atoms with Crippen LogP contribution in [0.25, 0.3) is 28.0 Å². The normalized spacial score (nSPS) is 11.6. The van der Waals surface area contributed by atoms with Gasteiger partial charge < -0.3 is 4.74 Å².